The van der Waals surface area contributed by atoms with Crippen molar-refractivity contribution in [3.63, 3.8) is 0 Å². The van der Waals surface area contributed by atoms with Crippen LogP contribution in [0.5, 0.6) is 0 Å². The first kappa shape index (κ1) is 12.8. The van der Waals surface area contributed by atoms with E-state index in [1.165, 1.54) is 25.0 Å². The highest BCUT2D eigenvalue weighted by molar-refractivity contribution is 6.32. The number of benzene rings is 1. The number of halogens is 1. The summed E-state index contributed by atoms with van der Waals surface area (Å²) in [6.45, 7) is 0.361. The van der Waals surface area contributed by atoms with E-state index in [0.717, 1.165) is 12.5 Å². The molecule has 0 aliphatic heterocycles. The molecular formula is C12H12ClNO4. The SMILES string of the molecule is O=C(OCCC1CC1)c1ccc(Cl)c([N+](=O)[O-])c1. The Morgan fingerprint density at radius 1 is 1.50 bits per heavy atom. The largest absolute Gasteiger partial charge is 0.462 e. The summed E-state index contributed by atoms with van der Waals surface area (Å²) in [6.07, 6.45) is 3.26. The zero-order chi connectivity index (χ0) is 13.1. The topological polar surface area (TPSA) is 69.4 Å². The molecule has 18 heavy (non-hydrogen) atoms. The molecule has 0 bridgehead atoms. The Hall–Kier alpha value is -1.62. The maximum atomic E-state index is 11.6. The van der Waals surface area contributed by atoms with E-state index in [1.807, 2.05) is 0 Å². The van der Waals surface area contributed by atoms with E-state index in [4.69, 9.17) is 16.3 Å². The Balaban J connectivity index is 2.00. The lowest BCUT2D eigenvalue weighted by Gasteiger charge is -2.04. The van der Waals surface area contributed by atoms with Crippen LogP contribution in [0.4, 0.5) is 5.69 Å². The van der Waals surface area contributed by atoms with Gasteiger partial charge in [0, 0.05) is 6.07 Å². The Labute approximate surface area is 109 Å². The van der Waals surface area contributed by atoms with Crippen molar-refractivity contribution in [2.75, 3.05) is 6.61 Å². The molecule has 1 aromatic rings. The molecule has 6 heteroatoms. The van der Waals surface area contributed by atoms with Crippen LogP contribution in [0, 0.1) is 16.0 Å². The fourth-order valence-electron chi connectivity index (χ4n) is 1.59. The number of ether oxygens (including phenoxy) is 1. The summed E-state index contributed by atoms with van der Waals surface area (Å²) in [6, 6.07) is 3.90. The molecule has 0 radical (unpaired) electrons. The Morgan fingerprint density at radius 2 is 2.22 bits per heavy atom. The highest BCUT2D eigenvalue weighted by Gasteiger charge is 2.22. The van der Waals surface area contributed by atoms with Gasteiger partial charge in [0.05, 0.1) is 17.1 Å². The van der Waals surface area contributed by atoms with Gasteiger partial charge in [-0.05, 0) is 24.5 Å². The Bertz CT molecular complexity index is 485. The van der Waals surface area contributed by atoms with Crippen molar-refractivity contribution in [1.82, 2.24) is 0 Å². The zero-order valence-electron chi connectivity index (χ0n) is 9.60. The van der Waals surface area contributed by atoms with Crippen LogP contribution < -0.4 is 0 Å². The van der Waals surface area contributed by atoms with Gasteiger partial charge in [-0.1, -0.05) is 24.4 Å². The third-order valence-corrected chi connectivity index (χ3v) is 3.15. The van der Waals surface area contributed by atoms with Crippen molar-refractivity contribution in [2.45, 2.75) is 19.3 Å². The van der Waals surface area contributed by atoms with Gasteiger partial charge in [0.25, 0.3) is 5.69 Å². The monoisotopic (exact) mass is 269 g/mol. The summed E-state index contributed by atoms with van der Waals surface area (Å²) in [5, 5.41) is 10.7. The average Bonchev–Trinajstić information content (AvgIpc) is 3.13. The maximum Gasteiger partial charge on any atom is 0.338 e. The standard InChI is InChI=1S/C12H12ClNO4/c13-10-4-3-9(7-11(10)14(16)17)12(15)18-6-5-8-1-2-8/h3-4,7-8H,1-2,5-6H2. The van der Waals surface area contributed by atoms with E-state index < -0.39 is 10.9 Å². The van der Waals surface area contributed by atoms with Crippen LogP contribution in [0.15, 0.2) is 18.2 Å². The van der Waals surface area contributed by atoms with E-state index in [-0.39, 0.29) is 16.3 Å². The Morgan fingerprint density at radius 3 is 2.83 bits per heavy atom. The lowest BCUT2D eigenvalue weighted by molar-refractivity contribution is -0.384. The predicted octanol–water partition coefficient (Wildman–Crippen LogP) is 3.21. The fraction of sp³-hybridized carbons (Fsp3) is 0.417. The lowest BCUT2D eigenvalue weighted by Crippen LogP contribution is -2.07. The van der Waals surface area contributed by atoms with Crippen molar-refractivity contribution in [3.05, 3.63) is 38.9 Å². The van der Waals surface area contributed by atoms with Crippen LogP contribution in [0.2, 0.25) is 5.02 Å². The van der Waals surface area contributed by atoms with E-state index >= 15 is 0 Å². The van der Waals surface area contributed by atoms with Gasteiger partial charge in [-0.3, -0.25) is 10.1 Å². The van der Waals surface area contributed by atoms with Crippen LogP contribution in [0.3, 0.4) is 0 Å². The molecule has 0 N–H and O–H groups in total. The quantitative estimate of drug-likeness (QED) is 0.467. The van der Waals surface area contributed by atoms with Crippen LogP contribution in [-0.4, -0.2) is 17.5 Å². The summed E-state index contributed by atoms with van der Waals surface area (Å²) in [4.78, 5) is 21.7. The molecule has 1 aliphatic rings. The number of hydrogen-bond acceptors (Lipinski definition) is 4. The molecule has 0 amide bonds. The molecule has 0 heterocycles. The van der Waals surface area contributed by atoms with Gasteiger partial charge >= 0.3 is 5.97 Å². The number of esters is 1. The van der Waals surface area contributed by atoms with Crippen molar-refractivity contribution < 1.29 is 14.5 Å². The third kappa shape index (κ3) is 3.20. The molecule has 5 nitrogen and oxygen atoms in total. The fourth-order valence-corrected chi connectivity index (χ4v) is 1.77. The second-order valence-electron chi connectivity index (χ2n) is 4.29. The van der Waals surface area contributed by atoms with Crippen molar-refractivity contribution in [1.29, 1.82) is 0 Å². The molecule has 1 aromatic carbocycles. The van der Waals surface area contributed by atoms with Gasteiger partial charge in [0.2, 0.25) is 0 Å². The second-order valence-corrected chi connectivity index (χ2v) is 4.70. The molecule has 1 aliphatic carbocycles. The highest BCUT2D eigenvalue weighted by Crippen LogP contribution is 2.32. The maximum absolute atomic E-state index is 11.6. The van der Waals surface area contributed by atoms with Crippen molar-refractivity contribution in [3.8, 4) is 0 Å². The molecule has 96 valence electrons. The highest BCUT2D eigenvalue weighted by atomic mass is 35.5. The first-order valence-electron chi connectivity index (χ1n) is 5.69. The van der Waals surface area contributed by atoms with Crippen LogP contribution in [-0.2, 0) is 4.74 Å². The second kappa shape index (κ2) is 5.35. The molecule has 1 saturated carbocycles. The zero-order valence-corrected chi connectivity index (χ0v) is 10.4. The third-order valence-electron chi connectivity index (χ3n) is 2.83. The van der Waals surface area contributed by atoms with Crippen LogP contribution in [0.1, 0.15) is 29.6 Å². The summed E-state index contributed by atoms with van der Waals surface area (Å²) in [7, 11) is 0. The normalized spacial score (nSPS) is 14.3. The number of rotatable bonds is 5. The molecular weight excluding hydrogens is 258 g/mol. The molecule has 2 rings (SSSR count). The number of hydrogen-bond donors (Lipinski definition) is 0. The van der Waals surface area contributed by atoms with Gasteiger partial charge < -0.3 is 4.74 Å². The first-order valence-corrected chi connectivity index (χ1v) is 6.07. The van der Waals surface area contributed by atoms with E-state index in [0.29, 0.717) is 12.5 Å². The van der Waals surface area contributed by atoms with E-state index in [2.05, 4.69) is 0 Å². The smallest absolute Gasteiger partial charge is 0.338 e. The van der Waals surface area contributed by atoms with E-state index in [9.17, 15) is 14.9 Å². The minimum atomic E-state index is -0.622. The number of carbonyl (C=O) groups is 1. The number of nitrogens with zero attached hydrogens (tertiary/aromatic N) is 1. The minimum Gasteiger partial charge on any atom is -0.462 e. The molecule has 0 aromatic heterocycles. The number of carbonyl (C=O) groups excluding carboxylic acids is 1. The summed E-state index contributed by atoms with van der Waals surface area (Å²) < 4.78 is 5.05. The summed E-state index contributed by atoms with van der Waals surface area (Å²) >= 11 is 5.66. The van der Waals surface area contributed by atoms with Gasteiger partial charge in [-0.15, -0.1) is 0 Å². The number of nitro benzene ring substituents is 1. The predicted molar refractivity (Wildman–Crippen MR) is 65.7 cm³/mol. The van der Waals surface area contributed by atoms with E-state index in [1.54, 1.807) is 0 Å². The average molecular weight is 270 g/mol. The van der Waals surface area contributed by atoms with Gasteiger partial charge in [-0.25, -0.2) is 4.79 Å². The molecule has 1 fully saturated rings. The van der Waals surface area contributed by atoms with Crippen LogP contribution in [0.25, 0.3) is 0 Å². The molecule has 0 spiro atoms. The molecule has 0 unspecified atom stereocenters. The number of nitro groups is 1. The summed E-state index contributed by atoms with van der Waals surface area (Å²) in [5.41, 5.74) is -0.129. The van der Waals surface area contributed by atoms with Crippen molar-refractivity contribution >= 4 is 23.3 Å². The molecule has 0 atom stereocenters. The van der Waals surface area contributed by atoms with Crippen molar-refractivity contribution in [2.24, 2.45) is 5.92 Å². The lowest BCUT2D eigenvalue weighted by atomic mass is 10.2. The molecule has 0 saturated heterocycles. The minimum absolute atomic E-state index is 0.00882. The Kier molecular flexibility index (Phi) is 3.81. The summed E-state index contributed by atoms with van der Waals surface area (Å²) in [5.74, 6) is 0.132. The van der Waals surface area contributed by atoms with Crippen LogP contribution >= 0.6 is 11.6 Å². The van der Waals surface area contributed by atoms with Gasteiger partial charge in [0.15, 0.2) is 0 Å². The van der Waals surface area contributed by atoms with Gasteiger partial charge in [0.1, 0.15) is 5.02 Å². The van der Waals surface area contributed by atoms with Gasteiger partial charge in [-0.2, -0.15) is 0 Å². The first-order chi connectivity index (χ1) is 8.58.